The Balaban J connectivity index is 1.99. The average Bonchev–Trinajstić information content (AvgIpc) is 2.91. The molecule has 1 aromatic heterocycles. The number of halogens is 1. The minimum atomic E-state index is -0.186. The smallest absolute Gasteiger partial charge is 0.147 e. The number of ether oxygens (including phenoxy) is 1. The summed E-state index contributed by atoms with van der Waals surface area (Å²) in [7, 11) is 1.71. The highest BCUT2D eigenvalue weighted by molar-refractivity contribution is 14.1. The highest BCUT2D eigenvalue weighted by Gasteiger charge is 2.20. The van der Waals surface area contributed by atoms with Crippen LogP contribution < -0.4 is 0 Å². The van der Waals surface area contributed by atoms with Gasteiger partial charge in [-0.1, -0.05) is 60.2 Å². The van der Waals surface area contributed by atoms with Crippen molar-refractivity contribution in [3.8, 4) is 11.3 Å². The quantitative estimate of drug-likeness (QED) is 0.529. The monoisotopic (exact) mass is 404 g/mol. The molecule has 3 aromatic rings. The molecule has 0 aliphatic heterocycles. The summed E-state index contributed by atoms with van der Waals surface area (Å²) in [5, 5.41) is 0. The highest BCUT2D eigenvalue weighted by atomic mass is 127. The Morgan fingerprint density at radius 2 is 1.68 bits per heavy atom. The Morgan fingerprint density at radius 1 is 1.00 bits per heavy atom. The summed E-state index contributed by atoms with van der Waals surface area (Å²) in [6.07, 6.45) is -0.186. The lowest BCUT2D eigenvalue weighted by molar-refractivity contribution is 0.117. The number of hydrogen-bond donors (Lipinski definition) is 0. The van der Waals surface area contributed by atoms with Gasteiger partial charge in [0.25, 0.3) is 0 Å². The first-order valence-electron chi connectivity index (χ1n) is 7.13. The minimum absolute atomic E-state index is 0.186. The van der Waals surface area contributed by atoms with Crippen LogP contribution in [0.15, 0.2) is 65.1 Å². The molecule has 3 rings (SSSR count). The Morgan fingerprint density at radius 3 is 2.32 bits per heavy atom. The molecule has 2 aromatic carbocycles. The molecule has 3 heteroatoms. The van der Waals surface area contributed by atoms with Crippen LogP contribution >= 0.6 is 22.6 Å². The first-order valence-corrected chi connectivity index (χ1v) is 8.21. The van der Waals surface area contributed by atoms with E-state index in [1.165, 1.54) is 5.56 Å². The second-order valence-corrected chi connectivity index (χ2v) is 6.38. The molecular formula is C19H17IO2. The van der Waals surface area contributed by atoms with Gasteiger partial charge < -0.3 is 9.15 Å². The van der Waals surface area contributed by atoms with Crippen molar-refractivity contribution < 1.29 is 9.15 Å². The van der Waals surface area contributed by atoms with Crippen molar-refractivity contribution in [2.24, 2.45) is 0 Å². The molecule has 0 bridgehead atoms. The van der Waals surface area contributed by atoms with Gasteiger partial charge in [-0.25, -0.2) is 0 Å². The fourth-order valence-corrected chi connectivity index (χ4v) is 3.19. The van der Waals surface area contributed by atoms with Crippen LogP contribution in [0.5, 0.6) is 0 Å². The van der Waals surface area contributed by atoms with Crippen LogP contribution in [0, 0.1) is 10.5 Å². The van der Waals surface area contributed by atoms with E-state index in [2.05, 4.69) is 72.0 Å². The highest BCUT2D eigenvalue weighted by Crippen LogP contribution is 2.34. The third kappa shape index (κ3) is 3.10. The Hall–Kier alpha value is -1.59. The predicted molar refractivity (Wildman–Crippen MR) is 96.9 cm³/mol. The first kappa shape index (κ1) is 15.3. The lowest BCUT2D eigenvalue weighted by Crippen LogP contribution is -2.01. The van der Waals surface area contributed by atoms with Crippen molar-refractivity contribution in [1.29, 1.82) is 0 Å². The lowest BCUT2D eigenvalue weighted by atomic mass is 10.1. The summed E-state index contributed by atoms with van der Waals surface area (Å²) >= 11 is 2.31. The molecule has 0 N–H and O–H groups in total. The molecule has 22 heavy (non-hydrogen) atoms. The van der Waals surface area contributed by atoms with Crippen molar-refractivity contribution in [2.45, 2.75) is 13.0 Å². The topological polar surface area (TPSA) is 22.4 Å². The van der Waals surface area contributed by atoms with Crippen LogP contribution in [-0.4, -0.2) is 7.11 Å². The number of aryl methyl sites for hydroxylation is 1. The van der Waals surface area contributed by atoms with Crippen LogP contribution in [0.4, 0.5) is 0 Å². The van der Waals surface area contributed by atoms with E-state index < -0.39 is 0 Å². The number of hydrogen-bond acceptors (Lipinski definition) is 2. The fourth-order valence-electron chi connectivity index (χ4n) is 2.46. The van der Waals surface area contributed by atoms with Gasteiger partial charge in [0.05, 0.1) is 3.57 Å². The standard InChI is InChI=1S/C19H17IO2/c1-13-8-10-15(11-9-13)18-16(20)12-17(22-18)19(21-2)14-6-4-3-5-7-14/h3-12,19H,1-2H3. The normalized spacial score (nSPS) is 12.3. The number of furan rings is 1. The third-order valence-corrected chi connectivity index (χ3v) is 4.42. The molecule has 2 nitrogen and oxygen atoms in total. The van der Waals surface area contributed by atoms with E-state index in [-0.39, 0.29) is 6.10 Å². The summed E-state index contributed by atoms with van der Waals surface area (Å²) in [5.74, 6) is 1.72. The van der Waals surface area contributed by atoms with Gasteiger partial charge in [-0.15, -0.1) is 0 Å². The maximum absolute atomic E-state index is 6.12. The van der Waals surface area contributed by atoms with Gasteiger partial charge in [0, 0.05) is 12.7 Å². The summed E-state index contributed by atoms with van der Waals surface area (Å²) in [4.78, 5) is 0. The van der Waals surface area contributed by atoms with Crippen molar-refractivity contribution >= 4 is 22.6 Å². The van der Waals surface area contributed by atoms with Gasteiger partial charge in [0.15, 0.2) is 0 Å². The molecule has 0 aliphatic carbocycles. The zero-order chi connectivity index (χ0) is 15.5. The zero-order valence-electron chi connectivity index (χ0n) is 12.5. The van der Waals surface area contributed by atoms with E-state index in [0.29, 0.717) is 0 Å². The van der Waals surface area contributed by atoms with Gasteiger partial charge in [-0.2, -0.15) is 0 Å². The van der Waals surface area contributed by atoms with E-state index in [1.54, 1.807) is 7.11 Å². The molecule has 0 aliphatic rings. The number of methoxy groups -OCH3 is 1. The summed E-state index contributed by atoms with van der Waals surface area (Å²) in [5.41, 5.74) is 3.42. The molecule has 0 saturated carbocycles. The molecule has 0 fully saturated rings. The summed E-state index contributed by atoms with van der Waals surface area (Å²) in [6.45, 7) is 2.08. The average molecular weight is 404 g/mol. The molecule has 0 spiro atoms. The maximum Gasteiger partial charge on any atom is 0.147 e. The van der Waals surface area contributed by atoms with Gasteiger partial charge in [-0.3, -0.25) is 0 Å². The molecule has 112 valence electrons. The molecular weight excluding hydrogens is 387 g/mol. The van der Waals surface area contributed by atoms with Crippen LogP contribution in [-0.2, 0) is 4.74 Å². The Bertz CT molecular complexity index is 745. The SMILES string of the molecule is COC(c1ccccc1)c1cc(I)c(-c2ccc(C)cc2)o1. The largest absolute Gasteiger partial charge is 0.457 e. The molecule has 0 saturated heterocycles. The summed E-state index contributed by atoms with van der Waals surface area (Å²) < 4.78 is 12.9. The fraction of sp³-hybridized carbons (Fsp3) is 0.158. The van der Waals surface area contributed by atoms with Gasteiger partial charge >= 0.3 is 0 Å². The van der Waals surface area contributed by atoms with E-state index in [1.807, 2.05) is 18.2 Å². The minimum Gasteiger partial charge on any atom is -0.457 e. The predicted octanol–water partition coefficient (Wildman–Crippen LogP) is 5.60. The van der Waals surface area contributed by atoms with Crippen LogP contribution in [0.1, 0.15) is 23.0 Å². The zero-order valence-corrected chi connectivity index (χ0v) is 14.7. The Labute approximate surface area is 144 Å². The van der Waals surface area contributed by atoms with Crippen LogP contribution in [0.25, 0.3) is 11.3 Å². The van der Waals surface area contributed by atoms with E-state index in [9.17, 15) is 0 Å². The van der Waals surface area contributed by atoms with E-state index >= 15 is 0 Å². The van der Waals surface area contributed by atoms with Gasteiger partial charge in [-0.05, 0) is 41.1 Å². The Kier molecular flexibility index (Phi) is 4.64. The lowest BCUT2D eigenvalue weighted by Gasteiger charge is -2.12. The number of benzene rings is 2. The second-order valence-electron chi connectivity index (χ2n) is 5.22. The van der Waals surface area contributed by atoms with Crippen LogP contribution in [0.3, 0.4) is 0 Å². The first-order chi connectivity index (χ1) is 10.7. The van der Waals surface area contributed by atoms with Crippen molar-refractivity contribution in [1.82, 2.24) is 0 Å². The van der Waals surface area contributed by atoms with Crippen molar-refractivity contribution in [3.63, 3.8) is 0 Å². The van der Waals surface area contributed by atoms with E-state index in [0.717, 1.165) is 26.2 Å². The maximum atomic E-state index is 6.12. The van der Waals surface area contributed by atoms with Crippen LogP contribution in [0.2, 0.25) is 0 Å². The third-order valence-electron chi connectivity index (χ3n) is 3.62. The summed E-state index contributed by atoms with van der Waals surface area (Å²) in [6, 6.07) is 20.5. The molecule has 1 heterocycles. The van der Waals surface area contributed by atoms with Gasteiger partial charge in [0.2, 0.25) is 0 Å². The van der Waals surface area contributed by atoms with Gasteiger partial charge in [0.1, 0.15) is 17.6 Å². The van der Waals surface area contributed by atoms with E-state index in [4.69, 9.17) is 9.15 Å². The molecule has 1 unspecified atom stereocenters. The number of rotatable bonds is 4. The molecule has 1 atom stereocenters. The molecule has 0 amide bonds. The second kappa shape index (κ2) is 6.67. The van der Waals surface area contributed by atoms with Crippen molar-refractivity contribution in [2.75, 3.05) is 7.11 Å². The molecule has 0 radical (unpaired) electrons. The van der Waals surface area contributed by atoms with Crippen molar-refractivity contribution in [3.05, 3.63) is 81.1 Å².